The molecule has 2 amide bonds. The quantitative estimate of drug-likeness (QED) is 0.788. The molecule has 0 radical (unpaired) electrons. The Balaban J connectivity index is 1.73. The minimum Gasteiger partial charge on any atom is -0.352 e. The number of hydrogen-bond donors (Lipinski definition) is 2. The molecule has 1 saturated carbocycles. The van der Waals surface area contributed by atoms with Crippen molar-refractivity contribution in [1.82, 2.24) is 10.6 Å². The molecule has 0 aliphatic heterocycles. The van der Waals surface area contributed by atoms with Gasteiger partial charge >= 0.3 is 0 Å². The van der Waals surface area contributed by atoms with Crippen LogP contribution in [0.15, 0.2) is 42.5 Å². The highest BCUT2D eigenvalue weighted by Gasteiger charge is 2.28. The lowest BCUT2D eigenvalue weighted by Gasteiger charge is -2.27. The maximum Gasteiger partial charge on any atom is 0.243 e. The fraction of sp³-hybridized carbons (Fsp3) is 0.500. The summed E-state index contributed by atoms with van der Waals surface area (Å²) in [6.07, 6.45) is 4.51. The Morgan fingerprint density at radius 2 is 1.64 bits per heavy atom. The lowest BCUT2D eigenvalue weighted by molar-refractivity contribution is -0.132. The van der Waals surface area contributed by atoms with Gasteiger partial charge in [-0.1, -0.05) is 49.4 Å². The molecule has 0 bridgehead atoms. The molecule has 0 spiro atoms. The van der Waals surface area contributed by atoms with Crippen LogP contribution >= 0.6 is 0 Å². The molecule has 2 aromatic carbocycles. The Kier molecular flexibility index (Phi) is 6.71. The molecular formula is C24H32N2O2. The van der Waals surface area contributed by atoms with Crippen LogP contribution in [0.5, 0.6) is 0 Å². The summed E-state index contributed by atoms with van der Waals surface area (Å²) in [6, 6.07) is 13.9. The van der Waals surface area contributed by atoms with Gasteiger partial charge in [-0.15, -0.1) is 0 Å². The maximum absolute atomic E-state index is 12.8. The zero-order valence-electron chi connectivity index (χ0n) is 17.2. The molecule has 1 atom stereocenters. The first kappa shape index (κ1) is 20.4. The Hall–Kier alpha value is -2.36. The van der Waals surface area contributed by atoms with E-state index in [9.17, 15) is 9.59 Å². The highest BCUT2D eigenvalue weighted by molar-refractivity contribution is 5.89. The molecule has 1 aliphatic carbocycles. The highest BCUT2D eigenvalue weighted by Crippen LogP contribution is 2.28. The van der Waals surface area contributed by atoms with E-state index in [4.69, 9.17) is 0 Å². The van der Waals surface area contributed by atoms with Crippen molar-refractivity contribution in [2.75, 3.05) is 0 Å². The highest BCUT2D eigenvalue weighted by atomic mass is 16.2. The number of fused-ring (bicyclic) bond motifs is 1. The van der Waals surface area contributed by atoms with E-state index in [0.29, 0.717) is 12.3 Å². The van der Waals surface area contributed by atoms with E-state index in [1.165, 1.54) is 5.39 Å². The molecule has 3 rings (SSSR count). The van der Waals surface area contributed by atoms with Gasteiger partial charge in [-0.2, -0.15) is 0 Å². The predicted molar refractivity (Wildman–Crippen MR) is 114 cm³/mol. The predicted octanol–water partition coefficient (Wildman–Crippen LogP) is 4.22. The van der Waals surface area contributed by atoms with Gasteiger partial charge in [-0.05, 0) is 61.8 Å². The molecule has 2 N–H and O–H groups in total. The summed E-state index contributed by atoms with van der Waals surface area (Å²) >= 11 is 0. The average molecular weight is 381 g/mol. The first-order valence-electron chi connectivity index (χ1n) is 10.5. The van der Waals surface area contributed by atoms with E-state index in [0.717, 1.165) is 36.6 Å². The second kappa shape index (κ2) is 9.22. The maximum atomic E-state index is 12.8. The first-order chi connectivity index (χ1) is 13.4. The van der Waals surface area contributed by atoms with Crippen molar-refractivity contribution < 1.29 is 9.59 Å². The van der Waals surface area contributed by atoms with Gasteiger partial charge in [0.05, 0.1) is 0 Å². The van der Waals surface area contributed by atoms with E-state index in [2.05, 4.69) is 41.8 Å². The smallest absolute Gasteiger partial charge is 0.243 e. The molecule has 0 heterocycles. The van der Waals surface area contributed by atoms with Crippen LogP contribution in [0.2, 0.25) is 0 Å². The van der Waals surface area contributed by atoms with Crippen LogP contribution in [0.1, 0.15) is 52.0 Å². The summed E-state index contributed by atoms with van der Waals surface area (Å²) in [5.41, 5.74) is 1.06. The Morgan fingerprint density at radius 1 is 0.964 bits per heavy atom. The van der Waals surface area contributed by atoms with E-state index in [1.54, 1.807) is 0 Å². The summed E-state index contributed by atoms with van der Waals surface area (Å²) in [5, 5.41) is 8.34. The largest absolute Gasteiger partial charge is 0.352 e. The number of nitrogens with one attached hydrogen (secondary N) is 2. The van der Waals surface area contributed by atoms with Gasteiger partial charge in [0.15, 0.2) is 0 Å². The van der Waals surface area contributed by atoms with E-state index in [-0.39, 0.29) is 23.8 Å². The molecule has 28 heavy (non-hydrogen) atoms. The third-order valence-electron chi connectivity index (χ3n) is 5.70. The van der Waals surface area contributed by atoms with Gasteiger partial charge in [-0.3, -0.25) is 9.59 Å². The topological polar surface area (TPSA) is 58.2 Å². The van der Waals surface area contributed by atoms with Crippen molar-refractivity contribution in [2.45, 2.75) is 65.0 Å². The molecular weight excluding hydrogens is 348 g/mol. The number of amides is 2. The second-order valence-corrected chi connectivity index (χ2v) is 8.57. The van der Waals surface area contributed by atoms with Crippen molar-refractivity contribution >= 4 is 22.6 Å². The lowest BCUT2D eigenvalue weighted by atomic mass is 9.82. The van der Waals surface area contributed by atoms with Crippen molar-refractivity contribution in [3.05, 3.63) is 48.0 Å². The SMILES string of the molecule is CC1CCC(C(=O)N[C@H](Cc2ccc3ccccc3c2)C(=O)NC(C)C)CC1. The van der Waals surface area contributed by atoms with E-state index in [1.807, 2.05) is 32.0 Å². The van der Waals surface area contributed by atoms with Gasteiger partial charge in [0.2, 0.25) is 11.8 Å². The van der Waals surface area contributed by atoms with Crippen LogP contribution in [0, 0.1) is 11.8 Å². The van der Waals surface area contributed by atoms with Crippen LogP contribution in [-0.4, -0.2) is 23.9 Å². The van der Waals surface area contributed by atoms with Crippen molar-refractivity contribution in [2.24, 2.45) is 11.8 Å². The molecule has 0 saturated heterocycles. The van der Waals surface area contributed by atoms with E-state index >= 15 is 0 Å². The summed E-state index contributed by atoms with van der Waals surface area (Å²) in [4.78, 5) is 25.6. The van der Waals surface area contributed by atoms with Gasteiger partial charge in [0.25, 0.3) is 0 Å². The zero-order chi connectivity index (χ0) is 20.1. The van der Waals surface area contributed by atoms with Crippen LogP contribution < -0.4 is 10.6 Å². The zero-order valence-corrected chi connectivity index (χ0v) is 17.2. The number of hydrogen-bond acceptors (Lipinski definition) is 2. The number of carbonyl (C=O) groups is 2. The second-order valence-electron chi connectivity index (χ2n) is 8.57. The first-order valence-corrected chi connectivity index (χ1v) is 10.5. The van der Waals surface area contributed by atoms with Crippen LogP contribution in [0.4, 0.5) is 0 Å². The lowest BCUT2D eigenvalue weighted by Crippen LogP contribution is -2.51. The van der Waals surface area contributed by atoms with E-state index < -0.39 is 6.04 Å². The number of benzene rings is 2. The molecule has 1 aliphatic rings. The third-order valence-corrected chi connectivity index (χ3v) is 5.70. The van der Waals surface area contributed by atoms with Gasteiger partial charge in [-0.25, -0.2) is 0 Å². The summed E-state index contributed by atoms with van der Waals surface area (Å²) in [6.45, 7) is 6.12. The minimum atomic E-state index is -0.546. The average Bonchev–Trinajstić information content (AvgIpc) is 2.67. The molecule has 0 unspecified atom stereocenters. The Bertz CT molecular complexity index is 822. The van der Waals surface area contributed by atoms with Crippen molar-refractivity contribution in [3.63, 3.8) is 0 Å². The normalized spacial score (nSPS) is 20.7. The third kappa shape index (κ3) is 5.34. The fourth-order valence-electron chi connectivity index (χ4n) is 4.01. The summed E-state index contributed by atoms with van der Waals surface area (Å²) in [7, 11) is 0. The summed E-state index contributed by atoms with van der Waals surface area (Å²) in [5.74, 6) is 0.640. The molecule has 0 aromatic heterocycles. The molecule has 1 fully saturated rings. The molecule has 4 heteroatoms. The van der Waals surface area contributed by atoms with Gasteiger partial charge in [0, 0.05) is 18.4 Å². The number of carbonyl (C=O) groups excluding carboxylic acids is 2. The molecule has 150 valence electrons. The summed E-state index contributed by atoms with van der Waals surface area (Å²) < 4.78 is 0. The van der Waals surface area contributed by atoms with Crippen LogP contribution in [0.25, 0.3) is 10.8 Å². The minimum absolute atomic E-state index is 0.0246. The standard InChI is InChI=1S/C24H32N2O2/c1-16(2)25-24(28)22(26-23(27)20-11-8-17(3)9-12-20)15-18-10-13-19-6-4-5-7-21(19)14-18/h4-7,10,13-14,16-17,20,22H,8-9,11-12,15H2,1-3H3,(H,25,28)(H,26,27)/t17?,20?,22-/m1/s1. The monoisotopic (exact) mass is 380 g/mol. The van der Waals surface area contributed by atoms with Crippen molar-refractivity contribution in [3.8, 4) is 0 Å². The fourth-order valence-corrected chi connectivity index (χ4v) is 4.01. The Morgan fingerprint density at radius 3 is 2.32 bits per heavy atom. The number of rotatable bonds is 6. The molecule has 2 aromatic rings. The molecule has 4 nitrogen and oxygen atoms in total. The van der Waals surface area contributed by atoms with Crippen LogP contribution in [0.3, 0.4) is 0 Å². The van der Waals surface area contributed by atoms with Crippen molar-refractivity contribution in [1.29, 1.82) is 0 Å². The Labute approximate surface area is 168 Å². The van der Waals surface area contributed by atoms with Crippen LogP contribution in [-0.2, 0) is 16.0 Å². The van der Waals surface area contributed by atoms with Gasteiger partial charge in [0.1, 0.15) is 6.04 Å². The van der Waals surface area contributed by atoms with Gasteiger partial charge < -0.3 is 10.6 Å².